The zero-order valence-corrected chi connectivity index (χ0v) is 12.4. The van der Waals surface area contributed by atoms with E-state index < -0.39 is 0 Å². The Labute approximate surface area is 119 Å². The van der Waals surface area contributed by atoms with Gasteiger partial charge in [-0.2, -0.15) is 0 Å². The predicted octanol–water partition coefficient (Wildman–Crippen LogP) is 2.61. The monoisotopic (exact) mass is 280 g/mol. The third kappa shape index (κ3) is 3.19. The third-order valence-electron chi connectivity index (χ3n) is 4.30. The molecule has 2 N–H and O–H groups in total. The summed E-state index contributed by atoms with van der Waals surface area (Å²) in [5.41, 5.74) is 6.08. The zero-order chi connectivity index (χ0) is 13.2. The first-order chi connectivity index (χ1) is 9.28. The van der Waals surface area contributed by atoms with Crippen molar-refractivity contribution >= 4 is 11.3 Å². The molecule has 0 radical (unpaired) electrons. The SMILES string of the molecule is CC1CCC(C(CN)N(Cc2cccs2)C2CC2)O1. The second kappa shape index (κ2) is 5.92. The van der Waals surface area contributed by atoms with Crippen LogP contribution in [0, 0.1) is 0 Å². The minimum absolute atomic E-state index is 0.334. The fraction of sp³-hybridized carbons (Fsp3) is 0.733. The summed E-state index contributed by atoms with van der Waals surface area (Å²) < 4.78 is 6.07. The highest BCUT2D eigenvalue weighted by atomic mass is 32.1. The van der Waals surface area contributed by atoms with E-state index in [-0.39, 0.29) is 0 Å². The van der Waals surface area contributed by atoms with E-state index in [1.54, 1.807) is 0 Å². The zero-order valence-electron chi connectivity index (χ0n) is 11.6. The first-order valence-corrected chi connectivity index (χ1v) is 8.29. The Morgan fingerprint density at radius 3 is 2.79 bits per heavy atom. The molecule has 1 aromatic heterocycles. The van der Waals surface area contributed by atoms with Crippen molar-refractivity contribution in [2.45, 2.75) is 63.4 Å². The summed E-state index contributed by atoms with van der Waals surface area (Å²) in [5.74, 6) is 0. The second-order valence-corrected chi connectivity index (χ2v) is 6.88. The van der Waals surface area contributed by atoms with Gasteiger partial charge in [-0.15, -0.1) is 11.3 Å². The lowest BCUT2D eigenvalue weighted by molar-refractivity contribution is -0.00943. The van der Waals surface area contributed by atoms with Gasteiger partial charge >= 0.3 is 0 Å². The molecule has 0 bridgehead atoms. The molecule has 0 aromatic carbocycles. The maximum atomic E-state index is 6.08. The molecule has 4 heteroatoms. The number of nitrogens with two attached hydrogens (primary N) is 1. The van der Waals surface area contributed by atoms with E-state index in [1.165, 1.54) is 24.1 Å². The van der Waals surface area contributed by atoms with Crippen molar-refractivity contribution in [3.05, 3.63) is 22.4 Å². The maximum Gasteiger partial charge on any atom is 0.0747 e. The quantitative estimate of drug-likeness (QED) is 0.870. The highest BCUT2D eigenvalue weighted by molar-refractivity contribution is 7.09. The Kier molecular flexibility index (Phi) is 4.22. The molecule has 19 heavy (non-hydrogen) atoms. The van der Waals surface area contributed by atoms with Gasteiger partial charge in [-0.25, -0.2) is 0 Å². The van der Waals surface area contributed by atoms with E-state index in [0.29, 0.717) is 24.8 Å². The first-order valence-electron chi connectivity index (χ1n) is 7.41. The maximum absolute atomic E-state index is 6.08. The molecule has 1 aromatic rings. The van der Waals surface area contributed by atoms with Crippen molar-refractivity contribution in [2.75, 3.05) is 6.54 Å². The van der Waals surface area contributed by atoms with Gasteiger partial charge in [0, 0.05) is 30.1 Å². The van der Waals surface area contributed by atoms with Crippen molar-refractivity contribution < 1.29 is 4.74 Å². The van der Waals surface area contributed by atoms with Crippen LogP contribution in [0.5, 0.6) is 0 Å². The second-order valence-electron chi connectivity index (χ2n) is 5.85. The van der Waals surface area contributed by atoms with Crippen LogP contribution in [0.4, 0.5) is 0 Å². The molecule has 2 fully saturated rings. The number of ether oxygens (including phenoxy) is 1. The van der Waals surface area contributed by atoms with Crippen LogP contribution >= 0.6 is 11.3 Å². The molecule has 3 rings (SSSR count). The smallest absolute Gasteiger partial charge is 0.0747 e. The predicted molar refractivity (Wildman–Crippen MR) is 79.3 cm³/mol. The van der Waals surface area contributed by atoms with Crippen LogP contribution in [0.2, 0.25) is 0 Å². The lowest BCUT2D eigenvalue weighted by atomic mass is 10.1. The van der Waals surface area contributed by atoms with Crippen molar-refractivity contribution in [3.63, 3.8) is 0 Å². The van der Waals surface area contributed by atoms with Gasteiger partial charge in [-0.1, -0.05) is 6.07 Å². The van der Waals surface area contributed by atoms with E-state index in [1.807, 2.05) is 11.3 Å². The van der Waals surface area contributed by atoms with E-state index in [4.69, 9.17) is 10.5 Å². The van der Waals surface area contributed by atoms with Crippen LogP contribution in [-0.2, 0) is 11.3 Å². The molecule has 1 saturated carbocycles. The molecule has 2 aliphatic rings. The van der Waals surface area contributed by atoms with Gasteiger partial charge in [0.2, 0.25) is 0 Å². The molecule has 1 saturated heterocycles. The summed E-state index contributed by atoms with van der Waals surface area (Å²) in [5, 5.41) is 2.16. The Hall–Kier alpha value is -0.420. The summed E-state index contributed by atoms with van der Waals surface area (Å²) >= 11 is 1.84. The molecule has 106 valence electrons. The molecular weight excluding hydrogens is 256 g/mol. The first kappa shape index (κ1) is 13.6. The Morgan fingerprint density at radius 2 is 2.26 bits per heavy atom. The summed E-state index contributed by atoms with van der Waals surface area (Å²) in [7, 11) is 0. The van der Waals surface area contributed by atoms with Gasteiger partial charge in [0.05, 0.1) is 12.2 Å². The number of hydrogen-bond acceptors (Lipinski definition) is 4. The van der Waals surface area contributed by atoms with Crippen molar-refractivity contribution in [2.24, 2.45) is 5.73 Å². The lowest BCUT2D eigenvalue weighted by Crippen LogP contribution is -2.49. The number of hydrogen-bond donors (Lipinski definition) is 1. The summed E-state index contributed by atoms with van der Waals surface area (Å²) in [6, 6.07) is 5.48. The molecule has 2 heterocycles. The lowest BCUT2D eigenvalue weighted by Gasteiger charge is -2.34. The van der Waals surface area contributed by atoms with Crippen LogP contribution < -0.4 is 5.73 Å². The van der Waals surface area contributed by atoms with E-state index in [9.17, 15) is 0 Å². The van der Waals surface area contributed by atoms with Gasteiger partial charge < -0.3 is 10.5 Å². The van der Waals surface area contributed by atoms with Crippen LogP contribution in [0.15, 0.2) is 17.5 Å². The molecular formula is C15H24N2OS. The summed E-state index contributed by atoms with van der Waals surface area (Å²) in [6.45, 7) is 3.92. The van der Waals surface area contributed by atoms with Gasteiger partial charge in [0.1, 0.15) is 0 Å². The van der Waals surface area contributed by atoms with Crippen molar-refractivity contribution in [1.29, 1.82) is 0 Å². The average molecular weight is 280 g/mol. The van der Waals surface area contributed by atoms with Crippen LogP contribution in [-0.4, -0.2) is 35.7 Å². The minimum Gasteiger partial charge on any atom is -0.374 e. The normalized spacial score (nSPS) is 29.0. The highest BCUT2D eigenvalue weighted by Crippen LogP contribution is 2.34. The Bertz CT molecular complexity index is 391. The van der Waals surface area contributed by atoms with Crippen LogP contribution in [0.1, 0.15) is 37.5 Å². The highest BCUT2D eigenvalue weighted by Gasteiger charge is 2.39. The Morgan fingerprint density at radius 1 is 1.42 bits per heavy atom. The number of thiophene rings is 1. The molecule has 3 unspecified atom stereocenters. The number of nitrogens with zero attached hydrogens (tertiary/aromatic N) is 1. The summed E-state index contributed by atoms with van der Waals surface area (Å²) in [4.78, 5) is 4.05. The fourth-order valence-electron chi connectivity index (χ4n) is 3.12. The van der Waals surface area contributed by atoms with Crippen LogP contribution in [0.25, 0.3) is 0 Å². The molecule has 1 aliphatic heterocycles. The minimum atomic E-state index is 0.334. The van der Waals surface area contributed by atoms with E-state index in [2.05, 4.69) is 29.3 Å². The van der Waals surface area contributed by atoms with Gasteiger partial charge in [0.15, 0.2) is 0 Å². The van der Waals surface area contributed by atoms with Crippen LogP contribution in [0.3, 0.4) is 0 Å². The Balaban J connectivity index is 1.70. The average Bonchev–Trinajstić information content (AvgIpc) is 2.95. The largest absolute Gasteiger partial charge is 0.374 e. The van der Waals surface area contributed by atoms with Gasteiger partial charge in [-0.3, -0.25) is 4.90 Å². The molecule has 0 amide bonds. The van der Waals surface area contributed by atoms with Gasteiger partial charge in [0.25, 0.3) is 0 Å². The standard InChI is InChI=1S/C15H24N2OS/c1-11-4-7-15(18-11)14(9-16)17(12-5-6-12)10-13-3-2-8-19-13/h2-3,8,11-12,14-15H,4-7,9-10,16H2,1H3. The van der Waals surface area contributed by atoms with E-state index >= 15 is 0 Å². The van der Waals surface area contributed by atoms with Crippen molar-refractivity contribution in [3.8, 4) is 0 Å². The molecule has 0 spiro atoms. The van der Waals surface area contributed by atoms with Gasteiger partial charge in [-0.05, 0) is 44.1 Å². The topological polar surface area (TPSA) is 38.5 Å². The fourth-order valence-corrected chi connectivity index (χ4v) is 3.84. The third-order valence-corrected chi connectivity index (χ3v) is 5.16. The molecule has 1 aliphatic carbocycles. The molecule has 3 atom stereocenters. The van der Waals surface area contributed by atoms with E-state index in [0.717, 1.165) is 19.0 Å². The van der Waals surface area contributed by atoms with Crippen molar-refractivity contribution in [1.82, 2.24) is 4.90 Å². The number of rotatable bonds is 6. The summed E-state index contributed by atoms with van der Waals surface area (Å²) in [6.07, 6.45) is 5.73. The molecule has 3 nitrogen and oxygen atoms in total.